The van der Waals surface area contributed by atoms with Crippen LogP contribution in [0.4, 0.5) is 5.82 Å². The van der Waals surface area contributed by atoms with Crippen LogP contribution in [0.15, 0.2) is 29.1 Å². The van der Waals surface area contributed by atoms with Gasteiger partial charge in [0.05, 0.1) is 13.2 Å². The summed E-state index contributed by atoms with van der Waals surface area (Å²) in [6.07, 6.45) is 0. The number of benzene rings is 1. The summed E-state index contributed by atoms with van der Waals surface area (Å²) in [7, 11) is 3.49. The number of aromatic nitrogens is 4. The van der Waals surface area contributed by atoms with Crippen molar-refractivity contribution in [2.75, 3.05) is 33.1 Å². The molecule has 0 aliphatic heterocycles. The molecule has 2 heterocycles. The Bertz CT molecular complexity index is 932. The molecule has 0 fully saturated rings. The summed E-state index contributed by atoms with van der Waals surface area (Å²) < 4.78 is 12.0. The molecule has 2 aromatic heterocycles. The van der Waals surface area contributed by atoms with Gasteiger partial charge in [0.1, 0.15) is 6.61 Å². The highest BCUT2D eigenvalue weighted by molar-refractivity contribution is 5.79. The molecule has 0 atom stereocenters. The zero-order valence-corrected chi connectivity index (χ0v) is 14.8. The molecule has 0 saturated carbocycles. The molecule has 0 saturated heterocycles. The van der Waals surface area contributed by atoms with Gasteiger partial charge in [0.2, 0.25) is 5.82 Å². The second-order valence-electron chi connectivity index (χ2n) is 5.86. The fraction of sp³-hybridized carbons (Fsp3) is 0.353. The molecule has 0 aliphatic rings. The van der Waals surface area contributed by atoms with Crippen LogP contribution in [0.1, 0.15) is 11.1 Å². The van der Waals surface area contributed by atoms with Crippen LogP contribution in [0.2, 0.25) is 0 Å². The normalized spacial score (nSPS) is 11.2. The number of hydrogen-bond donors (Lipinski definition) is 3. The van der Waals surface area contributed by atoms with Crippen molar-refractivity contribution >= 4 is 17.0 Å². The highest BCUT2D eigenvalue weighted by atomic mass is 16.5. The second kappa shape index (κ2) is 7.98. The molecule has 0 aliphatic carbocycles. The van der Waals surface area contributed by atoms with Gasteiger partial charge in [-0.05, 0) is 23.2 Å². The Labute approximate surface area is 150 Å². The van der Waals surface area contributed by atoms with Crippen LogP contribution in [0, 0.1) is 0 Å². The molecule has 3 rings (SSSR count). The first-order valence-electron chi connectivity index (χ1n) is 8.28. The van der Waals surface area contributed by atoms with Gasteiger partial charge in [0.25, 0.3) is 5.65 Å². The van der Waals surface area contributed by atoms with Crippen molar-refractivity contribution in [2.45, 2.75) is 13.1 Å². The minimum Gasteiger partial charge on any atom is -0.438 e. The summed E-state index contributed by atoms with van der Waals surface area (Å²) in [6.45, 7) is 1.94. The average Bonchev–Trinajstić information content (AvgIpc) is 2.94. The van der Waals surface area contributed by atoms with Crippen LogP contribution in [-0.2, 0) is 17.8 Å². The third-order valence-electron chi connectivity index (χ3n) is 3.96. The maximum Gasteiger partial charge on any atom is 0.433 e. The number of fused-ring (bicyclic) bond motifs is 1. The smallest absolute Gasteiger partial charge is 0.433 e. The molecule has 1 aromatic carbocycles. The number of aromatic amines is 2. The van der Waals surface area contributed by atoms with E-state index in [9.17, 15) is 4.79 Å². The van der Waals surface area contributed by atoms with Gasteiger partial charge < -0.3 is 20.5 Å². The summed E-state index contributed by atoms with van der Waals surface area (Å²) in [4.78, 5) is 22.3. The van der Waals surface area contributed by atoms with Gasteiger partial charge >= 0.3 is 11.7 Å². The first-order valence-corrected chi connectivity index (χ1v) is 8.28. The molecule has 3 aromatic rings. The molecular weight excluding hydrogens is 336 g/mol. The highest BCUT2D eigenvalue weighted by Gasteiger charge is 2.20. The van der Waals surface area contributed by atoms with Crippen molar-refractivity contribution < 1.29 is 14.5 Å². The SMILES string of the molecule is CNCc1ccc(Cn2c(=O)[nH]c3c(N)nc(OCCOC)[nH+]c32)cc1. The maximum absolute atomic E-state index is 12.4. The Morgan fingerprint density at radius 3 is 2.69 bits per heavy atom. The molecule has 0 radical (unpaired) electrons. The number of H-pyrrole nitrogens is 2. The van der Waals surface area contributed by atoms with E-state index in [0.29, 0.717) is 30.9 Å². The molecule has 0 bridgehead atoms. The standard InChI is InChI=1S/C17H22N6O3/c1-19-9-11-3-5-12(6-4-11)10-23-15-13(20-17(23)24)14(18)21-16(22-15)26-8-7-25-2/h3-6,19H,7-10H2,1-2H3,(H,20,24)(H2,18,21,22)/p+1. The number of nitrogens with one attached hydrogen (secondary N) is 3. The lowest BCUT2D eigenvalue weighted by atomic mass is 10.1. The number of methoxy groups -OCH3 is 1. The molecule has 9 heteroatoms. The summed E-state index contributed by atoms with van der Waals surface area (Å²) in [5, 5.41) is 3.11. The fourth-order valence-electron chi connectivity index (χ4n) is 2.67. The fourth-order valence-corrected chi connectivity index (χ4v) is 2.67. The van der Waals surface area contributed by atoms with Gasteiger partial charge in [-0.15, -0.1) is 0 Å². The summed E-state index contributed by atoms with van der Waals surface area (Å²) >= 11 is 0. The number of imidazole rings is 1. The third-order valence-corrected chi connectivity index (χ3v) is 3.96. The Kier molecular flexibility index (Phi) is 5.49. The van der Waals surface area contributed by atoms with E-state index in [1.807, 2.05) is 31.3 Å². The lowest BCUT2D eigenvalue weighted by molar-refractivity contribution is -0.373. The van der Waals surface area contributed by atoms with Gasteiger partial charge in [-0.2, -0.15) is 0 Å². The van der Waals surface area contributed by atoms with E-state index in [4.69, 9.17) is 15.2 Å². The number of nitrogens with two attached hydrogens (primary N) is 1. The zero-order valence-electron chi connectivity index (χ0n) is 14.8. The van der Waals surface area contributed by atoms with Gasteiger partial charge in [-0.1, -0.05) is 24.3 Å². The zero-order chi connectivity index (χ0) is 18.5. The van der Waals surface area contributed by atoms with Crippen molar-refractivity contribution in [3.05, 3.63) is 45.9 Å². The first kappa shape index (κ1) is 17.9. The Hall–Kier alpha value is -2.91. The second-order valence-corrected chi connectivity index (χ2v) is 5.86. The minimum atomic E-state index is -0.266. The molecular formula is C17H23N6O3+. The molecule has 0 amide bonds. The number of anilines is 1. The van der Waals surface area contributed by atoms with E-state index < -0.39 is 0 Å². The quantitative estimate of drug-likeness (QED) is 0.484. The Balaban J connectivity index is 1.91. The van der Waals surface area contributed by atoms with E-state index in [1.54, 1.807) is 11.7 Å². The lowest BCUT2D eigenvalue weighted by Crippen LogP contribution is -2.23. The molecule has 5 N–H and O–H groups in total. The van der Waals surface area contributed by atoms with E-state index >= 15 is 0 Å². The van der Waals surface area contributed by atoms with Crippen molar-refractivity contribution in [3.63, 3.8) is 0 Å². The Morgan fingerprint density at radius 1 is 1.27 bits per heavy atom. The number of ether oxygens (including phenoxy) is 2. The molecule has 138 valence electrons. The van der Waals surface area contributed by atoms with Gasteiger partial charge in [0, 0.05) is 13.7 Å². The molecule has 9 nitrogen and oxygen atoms in total. The van der Waals surface area contributed by atoms with Crippen LogP contribution >= 0.6 is 0 Å². The van der Waals surface area contributed by atoms with Crippen LogP contribution < -0.4 is 26.5 Å². The van der Waals surface area contributed by atoms with Crippen molar-refractivity contribution in [1.82, 2.24) is 19.9 Å². The Morgan fingerprint density at radius 2 is 2.00 bits per heavy atom. The number of rotatable bonds is 8. The van der Waals surface area contributed by atoms with Crippen LogP contribution in [0.5, 0.6) is 6.01 Å². The van der Waals surface area contributed by atoms with Gasteiger partial charge in [-0.3, -0.25) is 4.98 Å². The van der Waals surface area contributed by atoms with Gasteiger partial charge in [-0.25, -0.2) is 14.3 Å². The highest BCUT2D eigenvalue weighted by Crippen LogP contribution is 2.15. The summed E-state index contributed by atoms with van der Waals surface area (Å²) in [6, 6.07) is 8.30. The van der Waals surface area contributed by atoms with Crippen LogP contribution in [-0.4, -0.2) is 41.9 Å². The van der Waals surface area contributed by atoms with E-state index in [2.05, 4.69) is 20.3 Å². The van der Waals surface area contributed by atoms with Crippen LogP contribution in [0.3, 0.4) is 0 Å². The molecule has 26 heavy (non-hydrogen) atoms. The third kappa shape index (κ3) is 3.84. The topological polar surface area (TPSA) is 121 Å². The summed E-state index contributed by atoms with van der Waals surface area (Å²) in [5.74, 6) is 0.200. The number of nitrogen functional groups attached to an aromatic ring is 1. The van der Waals surface area contributed by atoms with E-state index in [0.717, 1.165) is 12.1 Å². The maximum atomic E-state index is 12.4. The summed E-state index contributed by atoms with van der Waals surface area (Å²) in [5.41, 5.74) is 8.86. The van der Waals surface area contributed by atoms with Gasteiger partial charge in [0.15, 0.2) is 5.52 Å². The van der Waals surface area contributed by atoms with Crippen molar-refractivity contribution in [3.8, 4) is 6.01 Å². The van der Waals surface area contributed by atoms with Crippen LogP contribution in [0.25, 0.3) is 11.2 Å². The molecule has 0 unspecified atom stereocenters. The minimum absolute atomic E-state index is 0.200. The molecule has 0 spiro atoms. The number of nitrogens with zero attached hydrogens (tertiary/aromatic N) is 2. The van der Waals surface area contributed by atoms with Crippen molar-refractivity contribution in [1.29, 1.82) is 0 Å². The van der Waals surface area contributed by atoms with Crippen molar-refractivity contribution in [2.24, 2.45) is 0 Å². The van der Waals surface area contributed by atoms with E-state index in [1.165, 1.54) is 5.56 Å². The predicted molar refractivity (Wildman–Crippen MR) is 97.0 cm³/mol. The predicted octanol–water partition coefficient (Wildman–Crippen LogP) is -0.0862. The average molecular weight is 359 g/mol. The number of hydrogen-bond acceptors (Lipinski definition) is 6. The first-order chi connectivity index (χ1) is 12.6. The monoisotopic (exact) mass is 359 g/mol. The lowest BCUT2D eigenvalue weighted by Gasteiger charge is -2.04. The van der Waals surface area contributed by atoms with E-state index in [-0.39, 0.29) is 17.5 Å². The largest absolute Gasteiger partial charge is 0.438 e.